The number of likely N-dealkylation sites (tertiary alicyclic amines) is 1. The van der Waals surface area contributed by atoms with Crippen LogP contribution in [0, 0.1) is 19.8 Å². The van der Waals surface area contributed by atoms with Gasteiger partial charge in [-0.25, -0.2) is 12.7 Å². The summed E-state index contributed by atoms with van der Waals surface area (Å²) in [5.74, 6) is 0.416. The molecule has 128 valence electrons. The fourth-order valence-corrected chi connectivity index (χ4v) is 4.19. The molecule has 1 unspecified atom stereocenters. The van der Waals surface area contributed by atoms with E-state index in [9.17, 15) is 13.2 Å². The van der Waals surface area contributed by atoms with Crippen molar-refractivity contribution >= 4 is 15.9 Å². The summed E-state index contributed by atoms with van der Waals surface area (Å²) < 4.78 is 26.2. The molecule has 0 spiro atoms. The van der Waals surface area contributed by atoms with Crippen LogP contribution in [0.2, 0.25) is 0 Å². The summed E-state index contributed by atoms with van der Waals surface area (Å²) in [4.78, 5) is 14.8. The maximum absolute atomic E-state index is 12.8. The van der Waals surface area contributed by atoms with Crippen molar-refractivity contribution in [1.82, 2.24) is 9.21 Å². The van der Waals surface area contributed by atoms with Crippen LogP contribution in [0.5, 0.6) is 0 Å². The second-order valence-electron chi connectivity index (χ2n) is 6.70. The molecule has 1 aromatic carbocycles. The molecule has 1 fully saturated rings. The summed E-state index contributed by atoms with van der Waals surface area (Å²) in [6, 6.07) is 3.32. The van der Waals surface area contributed by atoms with Gasteiger partial charge in [-0.3, -0.25) is 4.79 Å². The summed E-state index contributed by atoms with van der Waals surface area (Å²) in [6.45, 7) is 7.25. The quantitative estimate of drug-likeness (QED) is 0.850. The number of aryl methyl sites for hydroxylation is 1. The number of sulfonamides is 1. The molecule has 1 aliphatic rings. The Labute approximate surface area is 139 Å². The normalized spacial score (nSPS) is 19.2. The third-order valence-electron chi connectivity index (χ3n) is 4.57. The molecule has 6 heteroatoms. The molecule has 0 N–H and O–H groups in total. The van der Waals surface area contributed by atoms with Crippen LogP contribution in [0.15, 0.2) is 17.0 Å². The molecule has 2 rings (SSSR count). The first kappa shape index (κ1) is 17.9. The van der Waals surface area contributed by atoms with E-state index in [1.165, 1.54) is 24.5 Å². The van der Waals surface area contributed by atoms with Crippen molar-refractivity contribution in [3.05, 3.63) is 28.8 Å². The molecule has 1 aliphatic heterocycles. The second kappa shape index (κ2) is 6.61. The molecule has 1 atom stereocenters. The second-order valence-corrected chi connectivity index (χ2v) is 8.82. The molecular weight excluding hydrogens is 312 g/mol. The van der Waals surface area contributed by atoms with Crippen molar-refractivity contribution in [2.45, 2.75) is 38.5 Å². The van der Waals surface area contributed by atoms with Crippen LogP contribution in [-0.2, 0) is 10.0 Å². The van der Waals surface area contributed by atoms with Gasteiger partial charge in [-0.1, -0.05) is 6.92 Å². The van der Waals surface area contributed by atoms with Gasteiger partial charge in [0.2, 0.25) is 10.0 Å². The first-order valence-corrected chi connectivity index (χ1v) is 9.41. The lowest BCUT2D eigenvalue weighted by Gasteiger charge is -2.31. The number of carbonyl (C=O) groups is 1. The highest BCUT2D eigenvalue weighted by Crippen LogP contribution is 2.25. The Balaban J connectivity index is 2.45. The van der Waals surface area contributed by atoms with E-state index in [0.29, 0.717) is 17.0 Å². The molecule has 0 aliphatic carbocycles. The van der Waals surface area contributed by atoms with Gasteiger partial charge in [-0.15, -0.1) is 0 Å². The lowest BCUT2D eigenvalue weighted by Crippen LogP contribution is -2.39. The van der Waals surface area contributed by atoms with E-state index >= 15 is 0 Å². The Hall–Kier alpha value is -1.40. The number of piperidine rings is 1. The van der Waals surface area contributed by atoms with Gasteiger partial charge in [0, 0.05) is 32.7 Å². The summed E-state index contributed by atoms with van der Waals surface area (Å²) in [7, 11) is -0.555. The molecule has 0 aromatic heterocycles. The highest BCUT2D eigenvalue weighted by atomic mass is 32.2. The summed E-state index contributed by atoms with van der Waals surface area (Å²) >= 11 is 0. The number of carbonyl (C=O) groups excluding carboxylic acids is 1. The molecule has 0 saturated carbocycles. The van der Waals surface area contributed by atoms with Gasteiger partial charge in [0.15, 0.2) is 0 Å². The third kappa shape index (κ3) is 3.58. The summed E-state index contributed by atoms with van der Waals surface area (Å²) in [6.07, 6.45) is 2.14. The van der Waals surface area contributed by atoms with Gasteiger partial charge in [0.25, 0.3) is 5.91 Å². The first-order valence-electron chi connectivity index (χ1n) is 7.97. The molecule has 1 amide bonds. The fraction of sp³-hybridized carbons (Fsp3) is 0.588. The molecule has 1 aromatic rings. The van der Waals surface area contributed by atoms with Gasteiger partial charge in [-0.05, 0) is 55.9 Å². The van der Waals surface area contributed by atoms with Gasteiger partial charge in [-0.2, -0.15) is 0 Å². The van der Waals surface area contributed by atoms with Crippen LogP contribution in [0.25, 0.3) is 0 Å². The van der Waals surface area contributed by atoms with Gasteiger partial charge >= 0.3 is 0 Å². The van der Waals surface area contributed by atoms with E-state index in [1.807, 2.05) is 11.8 Å². The summed E-state index contributed by atoms with van der Waals surface area (Å²) in [5, 5.41) is 0. The Morgan fingerprint density at radius 1 is 1.26 bits per heavy atom. The molecular formula is C17H26N2O3S. The van der Waals surface area contributed by atoms with Crippen molar-refractivity contribution < 1.29 is 13.2 Å². The highest BCUT2D eigenvalue weighted by Gasteiger charge is 2.26. The number of benzene rings is 1. The minimum atomic E-state index is -3.56. The van der Waals surface area contributed by atoms with E-state index in [2.05, 4.69) is 6.92 Å². The third-order valence-corrected chi connectivity index (χ3v) is 6.51. The van der Waals surface area contributed by atoms with E-state index in [1.54, 1.807) is 13.0 Å². The molecule has 1 heterocycles. The van der Waals surface area contributed by atoms with Crippen LogP contribution in [0.3, 0.4) is 0 Å². The number of hydrogen-bond acceptors (Lipinski definition) is 3. The highest BCUT2D eigenvalue weighted by molar-refractivity contribution is 7.89. The lowest BCUT2D eigenvalue weighted by atomic mass is 9.99. The Morgan fingerprint density at radius 2 is 1.91 bits per heavy atom. The van der Waals surface area contributed by atoms with Crippen molar-refractivity contribution in [3.8, 4) is 0 Å². The van der Waals surface area contributed by atoms with E-state index in [0.717, 1.165) is 31.5 Å². The standard InChI is InChI=1S/C17H26N2O3S/c1-12-7-6-8-19(11-12)17(20)15-9-13(2)14(3)16(10-15)23(21,22)18(4)5/h9-10,12H,6-8,11H2,1-5H3. The van der Waals surface area contributed by atoms with Crippen molar-refractivity contribution in [1.29, 1.82) is 0 Å². The average Bonchev–Trinajstić information content (AvgIpc) is 2.48. The van der Waals surface area contributed by atoms with Crippen molar-refractivity contribution in [2.24, 2.45) is 5.92 Å². The van der Waals surface area contributed by atoms with Crippen LogP contribution in [0.4, 0.5) is 0 Å². The monoisotopic (exact) mass is 338 g/mol. The largest absolute Gasteiger partial charge is 0.338 e. The first-order chi connectivity index (χ1) is 10.6. The predicted octanol–water partition coefficient (Wildman–Crippen LogP) is 2.43. The van der Waals surface area contributed by atoms with Crippen LogP contribution >= 0.6 is 0 Å². The fourth-order valence-electron chi connectivity index (χ4n) is 2.97. The number of hydrogen-bond donors (Lipinski definition) is 0. The van der Waals surface area contributed by atoms with E-state index in [-0.39, 0.29) is 10.8 Å². The Morgan fingerprint density at radius 3 is 2.48 bits per heavy atom. The number of nitrogens with zero attached hydrogens (tertiary/aromatic N) is 2. The maximum Gasteiger partial charge on any atom is 0.253 e. The van der Waals surface area contributed by atoms with Gasteiger partial charge in [0.05, 0.1) is 4.90 Å². The van der Waals surface area contributed by atoms with E-state index < -0.39 is 10.0 Å². The summed E-state index contributed by atoms with van der Waals surface area (Å²) in [5.41, 5.74) is 1.98. The average molecular weight is 338 g/mol. The lowest BCUT2D eigenvalue weighted by molar-refractivity contribution is 0.0682. The molecule has 23 heavy (non-hydrogen) atoms. The zero-order chi connectivity index (χ0) is 17.4. The van der Waals surface area contributed by atoms with Crippen LogP contribution in [0.1, 0.15) is 41.3 Å². The predicted molar refractivity (Wildman–Crippen MR) is 91.1 cm³/mol. The van der Waals surface area contributed by atoms with Crippen LogP contribution < -0.4 is 0 Å². The van der Waals surface area contributed by atoms with Crippen molar-refractivity contribution in [3.63, 3.8) is 0 Å². The Kier molecular flexibility index (Phi) is 5.16. The SMILES string of the molecule is Cc1cc(C(=O)N2CCCC(C)C2)cc(S(=O)(=O)N(C)C)c1C. The number of amides is 1. The van der Waals surface area contributed by atoms with Gasteiger partial charge in [0.1, 0.15) is 0 Å². The van der Waals surface area contributed by atoms with Crippen molar-refractivity contribution in [2.75, 3.05) is 27.2 Å². The smallest absolute Gasteiger partial charge is 0.253 e. The van der Waals surface area contributed by atoms with Crippen LogP contribution in [-0.4, -0.2) is 50.7 Å². The minimum absolute atomic E-state index is 0.0742. The zero-order valence-corrected chi connectivity index (χ0v) is 15.4. The number of rotatable bonds is 3. The zero-order valence-electron chi connectivity index (χ0n) is 14.6. The van der Waals surface area contributed by atoms with E-state index in [4.69, 9.17) is 0 Å². The molecule has 1 saturated heterocycles. The minimum Gasteiger partial charge on any atom is -0.338 e. The molecule has 0 radical (unpaired) electrons. The van der Waals surface area contributed by atoms with Gasteiger partial charge < -0.3 is 4.90 Å². The molecule has 0 bridgehead atoms. The molecule has 5 nitrogen and oxygen atoms in total. The Bertz CT molecular complexity index is 711. The topological polar surface area (TPSA) is 57.7 Å². The maximum atomic E-state index is 12.8.